The van der Waals surface area contributed by atoms with Crippen molar-refractivity contribution in [2.24, 2.45) is 4.99 Å². The second-order valence-corrected chi connectivity index (χ2v) is 14.4. The Balaban J connectivity index is 1.15. The zero-order valence-electron chi connectivity index (χ0n) is 31.0. The van der Waals surface area contributed by atoms with Crippen molar-refractivity contribution in [1.29, 1.82) is 0 Å². The first-order chi connectivity index (χ1) is 27.1. The molecule has 0 spiro atoms. The van der Waals surface area contributed by atoms with Crippen LogP contribution in [0.2, 0.25) is 0 Å². The fraction of sp³-hybridized carbons (Fsp3) is 0.0556. The summed E-state index contributed by atoms with van der Waals surface area (Å²) in [6.45, 7) is 6.73. The molecule has 0 aromatic heterocycles. The molecule has 0 N–H and O–H groups in total. The van der Waals surface area contributed by atoms with Gasteiger partial charge in [0, 0.05) is 5.71 Å². The van der Waals surface area contributed by atoms with E-state index in [0.717, 1.165) is 34.5 Å². The molecule has 9 aromatic rings. The zero-order chi connectivity index (χ0) is 37.1. The molecule has 0 bridgehead atoms. The van der Waals surface area contributed by atoms with Crippen LogP contribution in [0.3, 0.4) is 0 Å². The SMILES string of the molecule is C=C(N=C(CC(C)c1ccccc1)c1ccccc1)c1ccc(-c2ccc3c(-c4ccccc4)c4ccccc4c(-c4cccc5ccccc45)c3c2)cc1. The Bertz CT molecular complexity index is 2830. The lowest BCUT2D eigenvalue weighted by Crippen LogP contribution is -2.07. The highest BCUT2D eigenvalue weighted by Crippen LogP contribution is 2.46. The standard InChI is InChI=1S/C54H41N/c1-37(39-17-6-3-7-18-39)35-52(43-20-8-4-9-21-43)55-38(2)40-29-31-41(32-30-40)45-33-34-50-51(36-45)54(47-28-16-24-42-19-12-13-25-46(42)47)49-27-15-14-26-48(49)53(50)44-22-10-5-11-23-44/h3-34,36-37H,2,35H2,1H3. The van der Waals surface area contributed by atoms with E-state index in [1.54, 1.807) is 0 Å². The van der Waals surface area contributed by atoms with E-state index < -0.39 is 0 Å². The number of nitrogens with zero attached hydrogens (tertiary/aromatic N) is 1. The number of benzene rings is 9. The van der Waals surface area contributed by atoms with Crippen molar-refractivity contribution in [2.75, 3.05) is 0 Å². The maximum absolute atomic E-state index is 5.19. The molecule has 1 unspecified atom stereocenters. The van der Waals surface area contributed by atoms with E-state index in [1.807, 2.05) is 0 Å². The molecule has 1 heteroatoms. The molecule has 262 valence electrons. The van der Waals surface area contributed by atoms with Gasteiger partial charge in [-0.15, -0.1) is 0 Å². The minimum atomic E-state index is 0.321. The first kappa shape index (κ1) is 34.0. The molecule has 0 radical (unpaired) electrons. The van der Waals surface area contributed by atoms with E-state index in [2.05, 4.69) is 214 Å². The lowest BCUT2D eigenvalue weighted by atomic mass is 9.83. The van der Waals surface area contributed by atoms with Gasteiger partial charge >= 0.3 is 0 Å². The van der Waals surface area contributed by atoms with Gasteiger partial charge in [-0.05, 0) is 101 Å². The van der Waals surface area contributed by atoms with Crippen molar-refractivity contribution in [3.8, 4) is 33.4 Å². The van der Waals surface area contributed by atoms with Crippen LogP contribution in [0, 0.1) is 0 Å². The van der Waals surface area contributed by atoms with Crippen LogP contribution in [0.25, 0.3) is 71.4 Å². The van der Waals surface area contributed by atoms with Gasteiger partial charge in [-0.25, -0.2) is 0 Å². The normalized spacial score (nSPS) is 12.3. The van der Waals surface area contributed by atoms with Crippen LogP contribution in [0.15, 0.2) is 212 Å². The summed E-state index contributed by atoms with van der Waals surface area (Å²) in [7, 11) is 0. The van der Waals surface area contributed by atoms with E-state index in [1.165, 1.54) is 65.7 Å². The van der Waals surface area contributed by atoms with Gasteiger partial charge in [0.2, 0.25) is 0 Å². The lowest BCUT2D eigenvalue weighted by molar-refractivity contribution is 0.805. The average Bonchev–Trinajstić information content (AvgIpc) is 3.26. The fourth-order valence-electron chi connectivity index (χ4n) is 8.14. The van der Waals surface area contributed by atoms with Crippen LogP contribution in [-0.4, -0.2) is 5.71 Å². The van der Waals surface area contributed by atoms with Gasteiger partial charge in [0.15, 0.2) is 0 Å². The summed E-state index contributed by atoms with van der Waals surface area (Å²) in [5.41, 5.74) is 12.6. The number of hydrogen-bond donors (Lipinski definition) is 0. The second kappa shape index (κ2) is 14.9. The molecule has 0 saturated carbocycles. The topological polar surface area (TPSA) is 12.4 Å². The first-order valence-corrected chi connectivity index (χ1v) is 19.1. The monoisotopic (exact) mass is 703 g/mol. The maximum atomic E-state index is 5.19. The fourth-order valence-corrected chi connectivity index (χ4v) is 8.14. The number of rotatable bonds is 9. The van der Waals surface area contributed by atoms with Crippen LogP contribution in [0.5, 0.6) is 0 Å². The Morgan fingerprint density at radius 3 is 1.75 bits per heavy atom. The van der Waals surface area contributed by atoms with Crippen LogP contribution in [0.1, 0.15) is 36.0 Å². The minimum absolute atomic E-state index is 0.321. The van der Waals surface area contributed by atoms with E-state index >= 15 is 0 Å². The van der Waals surface area contributed by atoms with E-state index in [-0.39, 0.29) is 0 Å². The number of hydrogen-bond acceptors (Lipinski definition) is 1. The zero-order valence-corrected chi connectivity index (χ0v) is 31.0. The molecule has 0 fully saturated rings. The van der Waals surface area contributed by atoms with Gasteiger partial charge in [-0.1, -0.05) is 208 Å². The highest BCUT2D eigenvalue weighted by atomic mass is 14.8. The predicted octanol–water partition coefficient (Wildman–Crippen LogP) is 14.8. The van der Waals surface area contributed by atoms with Crippen molar-refractivity contribution < 1.29 is 0 Å². The summed E-state index contributed by atoms with van der Waals surface area (Å²) in [6.07, 6.45) is 0.820. The van der Waals surface area contributed by atoms with Crippen LogP contribution >= 0.6 is 0 Å². The van der Waals surface area contributed by atoms with Gasteiger partial charge in [-0.3, -0.25) is 4.99 Å². The highest BCUT2D eigenvalue weighted by molar-refractivity contribution is 6.24. The smallest absolute Gasteiger partial charge is 0.0633 e. The van der Waals surface area contributed by atoms with Gasteiger partial charge in [0.05, 0.1) is 5.70 Å². The van der Waals surface area contributed by atoms with E-state index in [0.29, 0.717) is 5.92 Å². The maximum Gasteiger partial charge on any atom is 0.0633 e. The Kier molecular flexibility index (Phi) is 9.20. The largest absolute Gasteiger partial charge is 0.253 e. The summed E-state index contributed by atoms with van der Waals surface area (Å²) in [6, 6.07) is 72.0. The number of aliphatic imine (C=N–C) groups is 1. The molecule has 0 saturated heterocycles. The summed E-state index contributed by atoms with van der Waals surface area (Å²) < 4.78 is 0. The molecule has 0 amide bonds. The molecule has 55 heavy (non-hydrogen) atoms. The summed E-state index contributed by atoms with van der Waals surface area (Å²) in [5, 5.41) is 7.49. The van der Waals surface area contributed by atoms with Crippen molar-refractivity contribution >= 4 is 43.7 Å². The van der Waals surface area contributed by atoms with Crippen LogP contribution in [0.4, 0.5) is 0 Å². The third-order valence-electron chi connectivity index (χ3n) is 10.9. The molecular weight excluding hydrogens is 663 g/mol. The van der Waals surface area contributed by atoms with Gasteiger partial charge in [0.1, 0.15) is 0 Å². The molecule has 0 aliphatic rings. The van der Waals surface area contributed by atoms with Crippen LogP contribution in [-0.2, 0) is 0 Å². The summed E-state index contributed by atoms with van der Waals surface area (Å²) >= 11 is 0. The molecule has 0 aliphatic heterocycles. The second-order valence-electron chi connectivity index (χ2n) is 14.4. The molecule has 9 aromatic carbocycles. The first-order valence-electron chi connectivity index (χ1n) is 19.1. The average molecular weight is 704 g/mol. The molecular formula is C54H41N. The number of fused-ring (bicyclic) bond motifs is 3. The van der Waals surface area contributed by atoms with Crippen molar-refractivity contribution in [3.05, 3.63) is 223 Å². The Morgan fingerprint density at radius 2 is 1.02 bits per heavy atom. The van der Waals surface area contributed by atoms with Crippen LogP contribution < -0.4 is 0 Å². The quantitative estimate of drug-likeness (QED) is 0.105. The van der Waals surface area contributed by atoms with E-state index in [9.17, 15) is 0 Å². The Labute approximate surface area is 323 Å². The Morgan fingerprint density at radius 1 is 0.455 bits per heavy atom. The van der Waals surface area contributed by atoms with Crippen molar-refractivity contribution in [2.45, 2.75) is 19.3 Å². The molecule has 0 aliphatic carbocycles. The van der Waals surface area contributed by atoms with Gasteiger partial charge < -0.3 is 0 Å². The predicted molar refractivity (Wildman–Crippen MR) is 237 cm³/mol. The van der Waals surface area contributed by atoms with Gasteiger partial charge in [-0.2, -0.15) is 0 Å². The minimum Gasteiger partial charge on any atom is -0.253 e. The summed E-state index contributed by atoms with van der Waals surface area (Å²) in [5.74, 6) is 0.321. The van der Waals surface area contributed by atoms with E-state index in [4.69, 9.17) is 4.99 Å². The third-order valence-corrected chi connectivity index (χ3v) is 10.9. The molecule has 1 atom stereocenters. The third kappa shape index (κ3) is 6.66. The molecule has 1 nitrogen and oxygen atoms in total. The molecule has 9 rings (SSSR count). The van der Waals surface area contributed by atoms with Crippen molar-refractivity contribution in [1.82, 2.24) is 0 Å². The van der Waals surface area contributed by atoms with Crippen molar-refractivity contribution in [3.63, 3.8) is 0 Å². The Hall–Kier alpha value is -6.83. The molecule has 0 heterocycles. The highest BCUT2D eigenvalue weighted by Gasteiger charge is 2.19. The van der Waals surface area contributed by atoms with Gasteiger partial charge in [0.25, 0.3) is 0 Å². The summed E-state index contributed by atoms with van der Waals surface area (Å²) in [4.78, 5) is 5.19. The lowest BCUT2D eigenvalue weighted by Gasteiger charge is -2.19.